The number of hydrogen-bond donors (Lipinski definition) is 3. The largest absolute Gasteiger partial charge is 0.493 e. The standard InChI is InChI=1S/C25H35N3O8/c1-6-35-25(31)22-17(4)27-16(3)21(24(30)34-5)23(22)19-13-18(28(32)33)9-10-20(19)36-12-8-7-11-26-14-15(2)29/h9-10,13,15,23,26-27,29H,6-8,11-12,14H2,1-5H3. The van der Waals surface area contributed by atoms with E-state index in [1.54, 1.807) is 27.7 Å². The molecule has 198 valence electrons. The molecule has 1 aliphatic rings. The highest BCUT2D eigenvalue weighted by Crippen LogP contribution is 2.44. The van der Waals surface area contributed by atoms with Gasteiger partial charge in [0, 0.05) is 35.6 Å². The molecule has 2 rings (SSSR count). The summed E-state index contributed by atoms with van der Waals surface area (Å²) in [6, 6.07) is 4.11. The Hall–Kier alpha value is -3.44. The number of carbonyl (C=O) groups is 2. The average Bonchev–Trinajstić information content (AvgIpc) is 2.82. The third kappa shape index (κ3) is 7.28. The summed E-state index contributed by atoms with van der Waals surface area (Å²) in [4.78, 5) is 36.9. The van der Waals surface area contributed by atoms with Crippen molar-refractivity contribution in [3.63, 3.8) is 0 Å². The third-order valence-electron chi connectivity index (χ3n) is 5.62. The summed E-state index contributed by atoms with van der Waals surface area (Å²) in [6.07, 6.45) is 1.02. The number of esters is 2. The van der Waals surface area contributed by atoms with Gasteiger partial charge in [-0.15, -0.1) is 0 Å². The van der Waals surface area contributed by atoms with E-state index in [2.05, 4.69) is 10.6 Å². The zero-order chi connectivity index (χ0) is 26.8. The first-order valence-corrected chi connectivity index (χ1v) is 11.9. The molecule has 36 heavy (non-hydrogen) atoms. The number of non-ortho nitro benzene ring substituents is 1. The van der Waals surface area contributed by atoms with Gasteiger partial charge in [-0.25, -0.2) is 9.59 Å². The minimum absolute atomic E-state index is 0.111. The van der Waals surface area contributed by atoms with Crippen molar-refractivity contribution in [2.75, 3.05) is 33.4 Å². The zero-order valence-electron chi connectivity index (χ0n) is 21.4. The molecule has 0 saturated carbocycles. The number of dihydropyridines is 1. The van der Waals surface area contributed by atoms with Crippen molar-refractivity contribution >= 4 is 17.6 Å². The molecule has 11 nitrogen and oxygen atoms in total. The second kappa shape index (κ2) is 13.6. The maximum Gasteiger partial charge on any atom is 0.336 e. The van der Waals surface area contributed by atoms with Gasteiger partial charge >= 0.3 is 11.9 Å². The molecular weight excluding hydrogens is 470 g/mol. The lowest BCUT2D eigenvalue weighted by Gasteiger charge is -2.31. The number of nitro groups is 1. The smallest absolute Gasteiger partial charge is 0.336 e. The van der Waals surface area contributed by atoms with Crippen molar-refractivity contribution in [1.82, 2.24) is 10.6 Å². The lowest BCUT2D eigenvalue weighted by molar-refractivity contribution is -0.384. The predicted octanol–water partition coefficient (Wildman–Crippen LogP) is 2.70. The number of benzene rings is 1. The van der Waals surface area contributed by atoms with Crippen molar-refractivity contribution < 1.29 is 33.8 Å². The van der Waals surface area contributed by atoms with Gasteiger partial charge in [0.2, 0.25) is 0 Å². The SMILES string of the molecule is CCOC(=O)C1=C(C)NC(C)=C(C(=O)OC)C1c1cc([N+](=O)[O-])ccc1OCCCCNCC(C)O. The predicted molar refractivity (Wildman–Crippen MR) is 132 cm³/mol. The van der Waals surface area contributed by atoms with Crippen LogP contribution < -0.4 is 15.4 Å². The van der Waals surface area contributed by atoms with Gasteiger partial charge in [0.15, 0.2) is 0 Å². The van der Waals surface area contributed by atoms with E-state index in [1.165, 1.54) is 25.3 Å². The van der Waals surface area contributed by atoms with Gasteiger partial charge in [-0.05, 0) is 53.1 Å². The summed E-state index contributed by atoms with van der Waals surface area (Å²) in [5.41, 5.74) is 1.29. The number of ether oxygens (including phenoxy) is 3. The van der Waals surface area contributed by atoms with E-state index in [-0.39, 0.29) is 23.4 Å². The number of nitrogens with zero attached hydrogens (tertiary/aromatic N) is 1. The van der Waals surface area contributed by atoms with Crippen molar-refractivity contribution in [2.24, 2.45) is 0 Å². The molecule has 1 aliphatic heterocycles. The van der Waals surface area contributed by atoms with E-state index >= 15 is 0 Å². The second-order valence-corrected chi connectivity index (χ2v) is 8.44. The summed E-state index contributed by atoms with van der Waals surface area (Å²) in [5.74, 6) is -2.02. The number of unbranched alkanes of at least 4 members (excludes halogenated alkanes) is 1. The Bertz CT molecular complexity index is 1030. The quantitative estimate of drug-likeness (QED) is 0.158. The summed E-state index contributed by atoms with van der Waals surface area (Å²) in [6.45, 7) is 8.32. The number of allylic oxidation sites excluding steroid dienone is 2. The summed E-state index contributed by atoms with van der Waals surface area (Å²) in [7, 11) is 1.23. The van der Waals surface area contributed by atoms with E-state index < -0.39 is 28.9 Å². The van der Waals surface area contributed by atoms with Crippen LogP contribution in [0.1, 0.15) is 52.0 Å². The molecule has 0 fully saturated rings. The lowest BCUT2D eigenvalue weighted by Crippen LogP contribution is -2.32. The first-order valence-electron chi connectivity index (χ1n) is 11.9. The first-order chi connectivity index (χ1) is 17.1. The lowest BCUT2D eigenvalue weighted by atomic mass is 9.79. The van der Waals surface area contributed by atoms with E-state index in [9.17, 15) is 24.8 Å². The minimum Gasteiger partial charge on any atom is -0.493 e. The molecule has 0 saturated heterocycles. The Morgan fingerprint density at radius 2 is 1.86 bits per heavy atom. The normalized spacial score (nSPS) is 16.3. The van der Waals surface area contributed by atoms with E-state index in [0.29, 0.717) is 48.8 Å². The van der Waals surface area contributed by atoms with Crippen molar-refractivity contribution in [1.29, 1.82) is 0 Å². The second-order valence-electron chi connectivity index (χ2n) is 8.44. The van der Waals surface area contributed by atoms with Crippen molar-refractivity contribution in [3.05, 3.63) is 56.4 Å². The van der Waals surface area contributed by atoms with Crippen molar-refractivity contribution in [2.45, 2.75) is 52.6 Å². The molecule has 2 unspecified atom stereocenters. The monoisotopic (exact) mass is 505 g/mol. The number of carbonyl (C=O) groups excluding carboxylic acids is 2. The van der Waals surface area contributed by atoms with Gasteiger partial charge in [-0.1, -0.05) is 0 Å². The number of hydrogen-bond acceptors (Lipinski definition) is 10. The molecule has 0 aliphatic carbocycles. The molecule has 3 N–H and O–H groups in total. The van der Waals surface area contributed by atoms with Crippen LogP contribution in [0.25, 0.3) is 0 Å². The van der Waals surface area contributed by atoms with Gasteiger partial charge in [0.25, 0.3) is 5.69 Å². The number of aliphatic hydroxyl groups is 1. The number of rotatable bonds is 13. The Balaban J connectivity index is 2.48. The number of methoxy groups -OCH3 is 1. The molecule has 0 aromatic heterocycles. The molecule has 11 heteroatoms. The highest BCUT2D eigenvalue weighted by Gasteiger charge is 2.40. The molecule has 0 spiro atoms. The minimum atomic E-state index is -1.000. The molecule has 1 aromatic carbocycles. The van der Waals surface area contributed by atoms with Gasteiger partial charge in [-0.2, -0.15) is 0 Å². The Kier molecular flexibility index (Phi) is 10.9. The highest BCUT2D eigenvalue weighted by molar-refractivity contribution is 6.00. The average molecular weight is 506 g/mol. The van der Waals surface area contributed by atoms with Crippen molar-refractivity contribution in [3.8, 4) is 5.75 Å². The van der Waals surface area contributed by atoms with Crippen LogP contribution in [0.5, 0.6) is 5.75 Å². The van der Waals surface area contributed by atoms with Crippen LogP contribution in [0.4, 0.5) is 5.69 Å². The van der Waals surface area contributed by atoms with E-state index in [1.807, 2.05) is 0 Å². The van der Waals surface area contributed by atoms with Crippen LogP contribution >= 0.6 is 0 Å². The third-order valence-corrected chi connectivity index (χ3v) is 5.62. The molecule has 0 radical (unpaired) electrons. The molecule has 0 bridgehead atoms. The molecule has 0 amide bonds. The fraction of sp³-hybridized carbons (Fsp3) is 0.520. The first kappa shape index (κ1) is 28.8. The molecule has 1 heterocycles. The van der Waals surface area contributed by atoms with E-state index in [4.69, 9.17) is 14.2 Å². The summed E-state index contributed by atoms with van der Waals surface area (Å²) in [5, 5.41) is 27.1. The number of aliphatic hydroxyl groups excluding tert-OH is 1. The topological polar surface area (TPSA) is 149 Å². The van der Waals surface area contributed by atoms with Gasteiger partial charge in [0.1, 0.15) is 5.75 Å². The highest BCUT2D eigenvalue weighted by atomic mass is 16.6. The van der Waals surface area contributed by atoms with E-state index in [0.717, 1.165) is 6.42 Å². The maximum atomic E-state index is 13.0. The number of nitro benzene ring substituents is 1. The fourth-order valence-electron chi connectivity index (χ4n) is 4.02. The van der Waals surface area contributed by atoms with Crippen LogP contribution in [-0.2, 0) is 19.1 Å². The van der Waals surface area contributed by atoms with Crippen LogP contribution in [0.15, 0.2) is 40.7 Å². The van der Waals surface area contributed by atoms with Crippen LogP contribution in [-0.4, -0.2) is 61.5 Å². The molecular formula is C25H35N3O8. The zero-order valence-corrected chi connectivity index (χ0v) is 21.4. The summed E-state index contributed by atoms with van der Waals surface area (Å²) < 4.78 is 16.3. The molecule has 1 aromatic rings. The Morgan fingerprint density at radius 3 is 2.44 bits per heavy atom. The maximum absolute atomic E-state index is 13.0. The Morgan fingerprint density at radius 1 is 1.19 bits per heavy atom. The van der Waals surface area contributed by atoms with Gasteiger partial charge in [-0.3, -0.25) is 10.1 Å². The van der Waals surface area contributed by atoms with Crippen LogP contribution in [0.3, 0.4) is 0 Å². The number of nitrogens with one attached hydrogen (secondary N) is 2. The molecule has 2 atom stereocenters. The Labute approximate surface area is 210 Å². The van der Waals surface area contributed by atoms with Gasteiger partial charge in [0.05, 0.1) is 48.4 Å². The summed E-state index contributed by atoms with van der Waals surface area (Å²) >= 11 is 0. The fourth-order valence-corrected chi connectivity index (χ4v) is 4.02. The van der Waals surface area contributed by atoms with Crippen LogP contribution in [0.2, 0.25) is 0 Å². The van der Waals surface area contributed by atoms with Crippen LogP contribution in [0, 0.1) is 10.1 Å². The van der Waals surface area contributed by atoms with Gasteiger partial charge < -0.3 is 30.0 Å².